The molecule has 0 aliphatic carbocycles. The Kier molecular flexibility index (Phi) is 5.32. The van der Waals surface area contributed by atoms with Crippen LogP contribution >= 0.6 is 11.8 Å². The molecule has 0 radical (unpaired) electrons. The molecule has 0 saturated carbocycles. The number of hydrogen-bond donors (Lipinski definition) is 1. The van der Waals surface area contributed by atoms with E-state index in [-0.39, 0.29) is 11.5 Å². The zero-order valence-corrected chi connectivity index (χ0v) is 14.4. The second-order valence-corrected chi connectivity index (χ2v) is 6.74. The minimum absolute atomic E-state index is 0.226. The minimum Gasteiger partial charge on any atom is -0.323 e. The fourth-order valence-corrected chi connectivity index (χ4v) is 3.12. The van der Waals surface area contributed by atoms with Crippen molar-refractivity contribution in [3.63, 3.8) is 0 Å². The number of carbonyl (C=O) groups is 1. The van der Waals surface area contributed by atoms with E-state index in [1.807, 2.05) is 0 Å². The molecule has 0 bridgehead atoms. The summed E-state index contributed by atoms with van der Waals surface area (Å²) in [6.07, 6.45) is 3.18. The number of rotatable bonds is 5. The molecule has 0 aliphatic heterocycles. The van der Waals surface area contributed by atoms with Gasteiger partial charge < -0.3 is 5.32 Å². The molecule has 1 atom stereocenters. The van der Waals surface area contributed by atoms with E-state index in [4.69, 9.17) is 0 Å². The maximum absolute atomic E-state index is 13.7. The van der Waals surface area contributed by atoms with Crippen molar-refractivity contribution in [1.29, 1.82) is 0 Å². The SMILES string of the molecule is CC(Sc1nccn1-c1cccc(F)c1)C(=O)Nc1cc(F)ccc1F. The summed E-state index contributed by atoms with van der Waals surface area (Å²) in [6.45, 7) is 1.61. The van der Waals surface area contributed by atoms with E-state index < -0.39 is 22.8 Å². The Hall–Kier alpha value is -2.74. The molecule has 1 unspecified atom stereocenters. The molecular formula is C18H14F3N3OS. The zero-order chi connectivity index (χ0) is 18.7. The van der Waals surface area contributed by atoms with Crippen molar-refractivity contribution in [2.24, 2.45) is 0 Å². The molecular weight excluding hydrogens is 363 g/mol. The van der Waals surface area contributed by atoms with Crippen LogP contribution in [0.2, 0.25) is 0 Å². The number of imidazole rings is 1. The Labute approximate surface area is 152 Å². The summed E-state index contributed by atoms with van der Waals surface area (Å²) in [6, 6.07) is 8.79. The molecule has 26 heavy (non-hydrogen) atoms. The van der Waals surface area contributed by atoms with Gasteiger partial charge >= 0.3 is 0 Å². The average molecular weight is 377 g/mol. The van der Waals surface area contributed by atoms with Crippen molar-refractivity contribution in [2.45, 2.75) is 17.3 Å². The molecule has 0 saturated heterocycles. The van der Waals surface area contributed by atoms with Gasteiger partial charge in [-0.25, -0.2) is 18.2 Å². The Morgan fingerprint density at radius 2 is 1.92 bits per heavy atom. The lowest BCUT2D eigenvalue weighted by Gasteiger charge is -2.13. The summed E-state index contributed by atoms with van der Waals surface area (Å²) in [7, 11) is 0. The zero-order valence-electron chi connectivity index (χ0n) is 13.6. The standard InChI is InChI=1S/C18H14F3N3OS/c1-11(17(25)23-16-10-13(20)5-6-15(16)21)26-18-22-7-8-24(18)14-4-2-3-12(19)9-14/h2-11H,1H3,(H,23,25). The molecule has 1 N–H and O–H groups in total. The number of carbonyl (C=O) groups excluding carboxylic acids is 1. The Balaban J connectivity index is 1.74. The first-order valence-corrected chi connectivity index (χ1v) is 8.54. The van der Waals surface area contributed by atoms with Crippen LogP contribution in [0.15, 0.2) is 60.0 Å². The van der Waals surface area contributed by atoms with Crippen LogP contribution in [0.25, 0.3) is 5.69 Å². The van der Waals surface area contributed by atoms with Gasteiger partial charge in [0.25, 0.3) is 0 Å². The highest BCUT2D eigenvalue weighted by Crippen LogP contribution is 2.26. The van der Waals surface area contributed by atoms with E-state index in [2.05, 4.69) is 10.3 Å². The van der Waals surface area contributed by atoms with Gasteiger partial charge in [0, 0.05) is 18.5 Å². The van der Waals surface area contributed by atoms with E-state index in [0.29, 0.717) is 10.8 Å². The number of nitrogens with one attached hydrogen (secondary N) is 1. The third-order valence-electron chi connectivity index (χ3n) is 3.53. The van der Waals surface area contributed by atoms with Crippen LogP contribution in [-0.2, 0) is 4.79 Å². The first-order valence-electron chi connectivity index (χ1n) is 7.66. The van der Waals surface area contributed by atoms with Crippen molar-refractivity contribution in [1.82, 2.24) is 9.55 Å². The lowest BCUT2D eigenvalue weighted by atomic mass is 10.3. The second-order valence-electron chi connectivity index (χ2n) is 5.43. The molecule has 1 amide bonds. The lowest BCUT2D eigenvalue weighted by molar-refractivity contribution is -0.115. The van der Waals surface area contributed by atoms with Gasteiger partial charge in [0.15, 0.2) is 5.16 Å². The smallest absolute Gasteiger partial charge is 0.237 e. The minimum atomic E-state index is -0.724. The van der Waals surface area contributed by atoms with Crippen molar-refractivity contribution < 1.29 is 18.0 Å². The van der Waals surface area contributed by atoms with Crippen LogP contribution in [0, 0.1) is 17.5 Å². The number of aromatic nitrogens is 2. The Morgan fingerprint density at radius 3 is 2.69 bits per heavy atom. The van der Waals surface area contributed by atoms with Gasteiger partial charge in [-0.15, -0.1) is 0 Å². The molecule has 134 valence electrons. The van der Waals surface area contributed by atoms with Gasteiger partial charge in [-0.2, -0.15) is 0 Å². The molecule has 8 heteroatoms. The fraction of sp³-hybridized carbons (Fsp3) is 0.111. The molecule has 4 nitrogen and oxygen atoms in total. The van der Waals surface area contributed by atoms with Crippen molar-refractivity contribution in [3.8, 4) is 5.69 Å². The first-order chi connectivity index (χ1) is 12.4. The molecule has 0 spiro atoms. The summed E-state index contributed by atoms with van der Waals surface area (Å²) in [4.78, 5) is 16.5. The third kappa shape index (κ3) is 4.08. The highest BCUT2D eigenvalue weighted by atomic mass is 32.2. The predicted octanol–water partition coefficient (Wildman–Crippen LogP) is 4.41. The Bertz CT molecular complexity index is 945. The van der Waals surface area contributed by atoms with E-state index in [1.54, 1.807) is 29.8 Å². The van der Waals surface area contributed by atoms with Gasteiger partial charge in [-0.3, -0.25) is 9.36 Å². The van der Waals surface area contributed by atoms with E-state index in [1.165, 1.54) is 18.3 Å². The maximum Gasteiger partial charge on any atom is 0.237 e. The molecule has 2 aromatic carbocycles. The number of thioether (sulfide) groups is 1. The first kappa shape index (κ1) is 18.1. The highest BCUT2D eigenvalue weighted by molar-refractivity contribution is 8.00. The van der Waals surface area contributed by atoms with Gasteiger partial charge in [0.05, 0.1) is 16.6 Å². The van der Waals surface area contributed by atoms with Crippen LogP contribution in [0.3, 0.4) is 0 Å². The van der Waals surface area contributed by atoms with Gasteiger partial charge in [-0.1, -0.05) is 17.8 Å². The van der Waals surface area contributed by atoms with Crippen LogP contribution in [0.5, 0.6) is 0 Å². The normalized spacial score (nSPS) is 12.0. The van der Waals surface area contributed by atoms with Crippen LogP contribution in [0.1, 0.15) is 6.92 Å². The number of amides is 1. The summed E-state index contributed by atoms with van der Waals surface area (Å²) in [5.41, 5.74) is 0.338. The summed E-state index contributed by atoms with van der Waals surface area (Å²) >= 11 is 1.12. The predicted molar refractivity (Wildman–Crippen MR) is 93.8 cm³/mol. The monoisotopic (exact) mass is 377 g/mol. The number of benzene rings is 2. The highest BCUT2D eigenvalue weighted by Gasteiger charge is 2.19. The van der Waals surface area contributed by atoms with Crippen LogP contribution < -0.4 is 5.32 Å². The number of nitrogens with zero attached hydrogens (tertiary/aromatic N) is 2. The summed E-state index contributed by atoms with van der Waals surface area (Å²) < 4.78 is 41.9. The molecule has 1 heterocycles. The van der Waals surface area contributed by atoms with Crippen molar-refractivity contribution in [2.75, 3.05) is 5.32 Å². The van der Waals surface area contributed by atoms with E-state index >= 15 is 0 Å². The average Bonchev–Trinajstić information content (AvgIpc) is 3.06. The third-order valence-corrected chi connectivity index (χ3v) is 4.61. The van der Waals surface area contributed by atoms with Gasteiger partial charge in [0.1, 0.15) is 17.5 Å². The van der Waals surface area contributed by atoms with Gasteiger partial charge in [0.2, 0.25) is 5.91 Å². The van der Waals surface area contributed by atoms with E-state index in [9.17, 15) is 18.0 Å². The molecule has 3 rings (SSSR count). The quantitative estimate of drug-likeness (QED) is 0.670. The fourth-order valence-electron chi connectivity index (χ4n) is 2.24. The molecule has 0 fully saturated rings. The molecule has 0 aliphatic rings. The van der Waals surface area contributed by atoms with Crippen LogP contribution in [0.4, 0.5) is 18.9 Å². The number of hydrogen-bond acceptors (Lipinski definition) is 3. The molecule has 3 aromatic rings. The maximum atomic E-state index is 13.7. The number of anilines is 1. The van der Waals surface area contributed by atoms with Crippen molar-refractivity contribution in [3.05, 3.63) is 72.3 Å². The topological polar surface area (TPSA) is 46.9 Å². The lowest BCUT2D eigenvalue weighted by Crippen LogP contribution is -2.23. The Morgan fingerprint density at radius 1 is 1.15 bits per heavy atom. The van der Waals surface area contributed by atoms with Crippen LogP contribution in [-0.4, -0.2) is 20.7 Å². The largest absolute Gasteiger partial charge is 0.323 e. The van der Waals surface area contributed by atoms with E-state index in [0.717, 1.165) is 30.0 Å². The summed E-state index contributed by atoms with van der Waals surface area (Å²) in [5, 5.41) is 2.18. The summed E-state index contributed by atoms with van der Waals surface area (Å²) in [5.74, 6) is -2.27. The molecule has 1 aromatic heterocycles. The number of halogens is 3. The van der Waals surface area contributed by atoms with Gasteiger partial charge in [-0.05, 0) is 37.3 Å². The second kappa shape index (κ2) is 7.65. The van der Waals surface area contributed by atoms with Crippen molar-refractivity contribution >= 4 is 23.4 Å².